The summed E-state index contributed by atoms with van der Waals surface area (Å²) in [6.45, 7) is 1.86. The Labute approximate surface area is 112 Å². The first kappa shape index (κ1) is 15.2. The van der Waals surface area contributed by atoms with E-state index in [-0.39, 0.29) is 18.2 Å². The smallest absolute Gasteiger partial charge is 0.305 e. The van der Waals surface area contributed by atoms with Gasteiger partial charge in [-0.15, -0.1) is 0 Å². The number of ketones is 1. The molecule has 104 valence electrons. The lowest BCUT2D eigenvalue weighted by Crippen LogP contribution is -2.20. The van der Waals surface area contributed by atoms with Crippen LogP contribution in [0.3, 0.4) is 0 Å². The molecule has 1 aromatic carbocycles. The van der Waals surface area contributed by atoms with E-state index < -0.39 is 6.10 Å². The topological polar surface area (TPSA) is 75.6 Å². The number of hydrogen-bond donors (Lipinski definition) is 2. The van der Waals surface area contributed by atoms with Gasteiger partial charge in [-0.05, 0) is 37.6 Å². The maximum Gasteiger partial charge on any atom is 0.305 e. The van der Waals surface area contributed by atoms with Gasteiger partial charge in [0.05, 0.1) is 13.2 Å². The van der Waals surface area contributed by atoms with E-state index in [1.807, 2.05) is 0 Å². The summed E-state index contributed by atoms with van der Waals surface area (Å²) in [6.07, 6.45) is -0.0695. The van der Waals surface area contributed by atoms with Crippen LogP contribution in [-0.2, 0) is 9.53 Å². The third-order valence-corrected chi connectivity index (χ3v) is 2.74. The highest BCUT2D eigenvalue weighted by Crippen LogP contribution is 2.10. The van der Waals surface area contributed by atoms with E-state index in [1.165, 1.54) is 14.0 Å². The maximum atomic E-state index is 11.1. The Kier molecular flexibility index (Phi) is 6.02. The zero-order valence-electron chi connectivity index (χ0n) is 11.2. The number of benzene rings is 1. The van der Waals surface area contributed by atoms with E-state index in [4.69, 9.17) is 0 Å². The number of carbonyl (C=O) groups excluding carboxylic acids is 2. The van der Waals surface area contributed by atoms with Crippen molar-refractivity contribution in [3.8, 4) is 0 Å². The predicted octanol–water partition coefficient (Wildman–Crippen LogP) is 1.62. The minimum absolute atomic E-state index is 0.0182. The molecule has 0 amide bonds. The number of esters is 1. The Morgan fingerprint density at radius 2 is 1.95 bits per heavy atom. The van der Waals surface area contributed by atoms with Crippen LogP contribution >= 0.6 is 0 Å². The lowest BCUT2D eigenvalue weighted by atomic mass is 10.1. The number of ether oxygens (including phenoxy) is 1. The van der Waals surface area contributed by atoms with Crippen LogP contribution in [-0.4, -0.2) is 36.6 Å². The van der Waals surface area contributed by atoms with Gasteiger partial charge in [0.15, 0.2) is 5.78 Å². The van der Waals surface area contributed by atoms with Crippen LogP contribution in [0.15, 0.2) is 24.3 Å². The molecule has 5 heteroatoms. The minimum atomic E-state index is -0.619. The Morgan fingerprint density at radius 3 is 2.47 bits per heavy atom. The number of carbonyl (C=O) groups is 2. The second-order valence-electron chi connectivity index (χ2n) is 4.28. The van der Waals surface area contributed by atoms with Crippen molar-refractivity contribution in [3.63, 3.8) is 0 Å². The van der Waals surface area contributed by atoms with Crippen molar-refractivity contribution >= 4 is 17.4 Å². The summed E-state index contributed by atoms with van der Waals surface area (Å²) in [4.78, 5) is 22.0. The van der Waals surface area contributed by atoms with Gasteiger partial charge >= 0.3 is 5.97 Å². The van der Waals surface area contributed by atoms with Crippen LogP contribution in [0.2, 0.25) is 0 Å². The third kappa shape index (κ3) is 5.52. The monoisotopic (exact) mass is 265 g/mol. The molecule has 0 spiro atoms. The number of anilines is 1. The number of aliphatic hydroxyl groups excluding tert-OH is 1. The van der Waals surface area contributed by atoms with Crippen molar-refractivity contribution in [1.29, 1.82) is 0 Å². The minimum Gasteiger partial charge on any atom is -0.469 e. The predicted molar refractivity (Wildman–Crippen MR) is 72.2 cm³/mol. The van der Waals surface area contributed by atoms with E-state index in [0.29, 0.717) is 18.5 Å². The Hall–Kier alpha value is -1.88. The number of rotatable bonds is 7. The first-order valence-corrected chi connectivity index (χ1v) is 6.12. The molecule has 0 saturated heterocycles. The highest BCUT2D eigenvalue weighted by molar-refractivity contribution is 5.94. The van der Waals surface area contributed by atoms with Crippen molar-refractivity contribution in [2.24, 2.45) is 0 Å². The normalized spacial score (nSPS) is 11.7. The molecule has 2 N–H and O–H groups in total. The van der Waals surface area contributed by atoms with E-state index in [1.54, 1.807) is 24.3 Å². The number of hydrogen-bond acceptors (Lipinski definition) is 5. The molecule has 0 fully saturated rings. The summed E-state index contributed by atoms with van der Waals surface area (Å²) < 4.78 is 4.50. The molecule has 0 saturated carbocycles. The molecule has 0 bridgehead atoms. The molecule has 1 atom stereocenters. The molecule has 1 aromatic rings. The number of methoxy groups -OCH3 is 1. The van der Waals surface area contributed by atoms with E-state index in [9.17, 15) is 14.7 Å². The summed E-state index contributed by atoms with van der Waals surface area (Å²) in [5.74, 6) is -0.311. The summed E-state index contributed by atoms with van der Waals surface area (Å²) in [6, 6.07) is 7.02. The van der Waals surface area contributed by atoms with Crippen molar-refractivity contribution in [3.05, 3.63) is 29.8 Å². The summed E-state index contributed by atoms with van der Waals surface area (Å²) >= 11 is 0. The number of Topliss-reactive ketones (excluding diaryl/α,β-unsaturated/α-hetero) is 1. The SMILES string of the molecule is COC(=O)CCC(O)CNc1ccc(C(C)=O)cc1. The van der Waals surface area contributed by atoms with Gasteiger partial charge in [-0.1, -0.05) is 0 Å². The largest absolute Gasteiger partial charge is 0.469 e. The highest BCUT2D eigenvalue weighted by atomic mass is 16.5. The molecule has 1 unspecified atom stereocenters. The fourth-order valence-corrected chi connectivity index (χ4v) is 1.55. The van der Waals surface area contributed by atoms with Crippen molar-refractivity contribution in [2.75, 3.05) is 19.0 Å². The molecule has 0 aliphatic heterocycles. The molecular formula is C14H19NO4. The van der Waals surface area contributed by atoms with Crippen molar-refractivity contribution in [1.82, 2.24) is 0 Å². The molecule has 1 rings (SSSR count). The van der Waals surface area contributed by atoms with Gasteiger partial charge in [-0.25, -0.2) is 0 Å². The molecule has 0 heterocycles. The average molecular weight is 265 g/mol. The quantitative estimate of drug-likeness (QED) is 0.578. The van der Waals surface area contributed by atoms with Crippen molar-refractivity contribution < 1.29 is 19.4 Å². The van der Waals surface area contributed by atoms with Crippen LogP contribution in [0.1, 0.15) is 30.1 Å². The van der Waals surface area contributed by atoms with Crippen LogP contribution in [0.25, 0.3) is 0 Å². The number of nitrogens with one attached hydrogen (secondary N) is 1. The van der Waals surface area contributed by atoms with Crippen LogP contribution in [0.5, 0.6) is 0 Å². The Morgan fingerprint density at radius 1 is 1.32 bits per heavy atom. The Bertz CT molecular complexity index is 428. The van der Waals surface area contributed by atoms with Crippen LogP contribution in [0, 0.1) is 0 Å². The zero-order valence-corrected chi connectivity index (χ0v) is 11.2. The van der Waals surface area contributed by atoms with Gasteiger partial charge in [-0.2, -0.15) is 0 Å². The van der Waals surface area contributed by atoms with Crippen LogP contribution < -0.4 is 5.32 Å². The fraction of sp³-hybridized carbons (Fsp3) is 0.429. The number of aliphatic hydroxyl groups is 1. The molecule has 0 aliphatic rings. The standard InChI is InChI=1S/C14H19NO4/c1-10(16)11-3-5-12(6-4-11)15-9-13(17)7-8-14(18)19-2/h3-6,13,15,17H,7-9H2,1-2H3. The second-order valence-corrected chi connectivity index (χ2v) is 4.28. The lowest BCUT2D eigenvalue weighted by Gasteiger charge is -2.12. The molecule has 19 heavy (non-hydrogen) atoms. The third-order valence-electron chi connectivity index (χ3n) is 2.74. The van der Waals surface area contributed by atoms with E-state index >= 15 is 0 Å². The molecule has 0 radical (unpaired) electrons. The highest BCUT2D eigenvalue weighted by Gasteiger charge is 2.08. The van der Waals surface area contributed by atoms with Gasteiger partial charge in [0.25, 0.3) is 0 Å². The summed E-state index contributed by atoms with van der Waals surface area (Å²) in [5.41, 5.74) is 1.47. The zero-order chi connectivity index (χ0) is 14.3. The summed E-state index contributed by atoms with van der Waals surface area (Å²) in [5, 5.41) is 12.7. The van der Waals surface area contributed by atoms with Gasteiger partial charge in [0.2, 0.25) is 0 Å². The summed E-state index contributed by atoms with van der Waals surface area (Å²) in [7, 11) is 1.32. The Balaban J connectivity index is 2.35. The first-order valence-electron chi connectivity index (χ1n) is 6.12. The second kappa shape index (κ2) is 7.53. The van der Waals surface area contributed by atoms with Gasteiger partial charge in [-0.3, -0.25) is 9.59 Å². The van der Waals surface area contributed by atoms with Crippen LogP contribution in [0.4, 0.5) is 5.69 Å². The molecule has 0 aromatic heterocycles. The molecular weight excluding hydrogens is 246 g/mol. The maximum absolute atomic E-state index is 11.1. The fourth-order valence-electron chi connectivity index (χ4n) is 1.55. The molecule has 0 aliphatic carbocycles. The molecule has 5 nitrogen and oxygen atoms in total. The first-order chi connectivity index (χ1) is 9.02. The van der Waals surface area contributed by atoms with E-state index in [0.717, 1.165) is 5.69 Å². The van der Waals surface area contributed by atoms with Gasteiger partial charge in [0, 0.05) is 24.2 Å². The van der Waals surface area contributed by atoms with E-state index in [2.05, 4.69) is 10.1 Å². The lowest BCUT2D eigenvalue weighted by molar-refractivity contribution is -0.141. The van der Waals surface area contributed by atoms with Gasteiger partial charge in [0.1, 0.15) is 0 Å². The van der Waals surface area contributed by atoms with Gasteiger partial charge < -0.3 is 15.2 Å². The average Bonchev–Trinajstić information content (AvgIpc) is 2.42. The van der Waals surface area contributed by atoms with Crippen molar-refractivity contribution in [2.45, 2.75) is 25.9 Å².